The average molecular weight is 230 g/mol. The third kappa shape index (κ3) is 2.45. The van der Waals surface area contributed by atoms with Crippen LogP contribution in [-0.4, -0.2) is 24.3 Å². The lowest BCUT2D eigenvalue weighted by Crippen LogP contribution is -2.24. The van der Waals surface area contributed by atoms with Crippen molar-refractivity contribution in [2.45, 2.75) is 12.5 Å². The number of aliphatic carboxylic acids is 1. The summed E-state index contributed by atoms with van der Waals surface area (Å²) in [6.07, 6.45) is -0.409. The number of methoxy groups -OCH3 is 1. The topological polar surface area (TPSA) is 46.5 Å². The smallest absolute Gasteiger partial charge is 0.333 e. The maximum Gasteiger partial charge on any atom is 0.333 e. The van der Waals surface area contributed by atoms with E-state index in [4.69, 9.17) is 9.84 Å². The number of carboxylic acids is 1. The molecule has 0 aliphatic heterocycles. The van der Waals surface area contributed by atoms with Crippen LogP contribution in [-0.2, 0) is 16.0 Å². The molecule has 0 aliphatic carbocycles. The molecular weight excluding hydrogens is 216 g/mol. The van der Waals surface area contributed by atoms with Crippen LogP contribution in [0, 0.1) is 0 Å². The van der Waals surface area contributed by atoms with Gasteiger partial charge in [0.25, 0.3) is 0 Å². The Kier molecular flexibility index (Phi) is 3.40. The van der Waals surface area contributed by atoms with E-state index in [1.54, 1.807) is 0 Å². The highest BCUT2D eigenvalue weighted by molar-refractivity contribution is 5.86. The molecule has 0 amide bonds. The molecule has 0 saturated carbocycles. The van der Waals surface area contributed by atoms with Crippen molar-refractivity contribution < 1.29 is 14.6 Å². The van der Waals surface area contributed by atoms with Gasteiger partial charge >= 0.3 is 5.97 Å². The lowest BCUT2D eigenvalue weighted by atomic mass is 10.00. The van der Waals surface area contributed by atoms with Gasteiger partial charge in [-0.2, -0.15) is 0 Å². The van der Waals surface area contributed by atoms with Gasteiger partial charge in [-0.25, -0.2) is 4.79 Å². The highest BCUT2D eigenvalue weighted by Gasteiger charge is 2.17. The molecule has 0 saturated heterocycles. The number of fused-ring (bicyclic) bond motifs is 1. The molecule has 0 aromatic heterocycles. The summed E-state index contributed by atoms with van der Waals surface area (Å²) in [5.41, 5.74) is 0.998. The Morgan fingerprint density at radius 1 is 1.24 bits per heavy atom. The zero-order valence-electron chi connectivity index (χ0n) is 9.59. The van der Waals surface area contributed by atoms with E-state index < -0.39 is 12.1 Å². The summed E-state index contributed by atoms with van der Waals surface area (Å²) in [5, 5.41) is 11.2. The van der Waals surface area contributed by atoms with Gasteiger partial charge in [0, 0.05) is 13.5 Å². The number of rotatable bonds is 4. The van der Waals surface area contributed by atoms with E-state index in [0.29, 0.717) is 6.42 Å². The summed E-state index contributed by atoms with van der Waals surface area (Å²) < 4.78 is 4.97. The monoisotopic (exact) mass is 230 g/mol. The molecule has 0 radical (unpaired) electrons. The van der Waals surface area contributed by atoms with Gasteiger partial charge in [-0.3, -0.25) is 0 Å². The van der Waals surface area contributed by atoms with Crippen molar-refractivity contribution in [3.63, 3.8) is 0 Å². The van der Waals surface area contributed by atoms with Crippen molar-refractivity contribution in [1.29, 1.82) is 0 Å². The molecule has 2 rings (SSSR count). The number of benzene rings is 2. The lowest BCUT2D eigenvalue weighted by Gasteiger charge is -2.12. The second kappa shape index (κ2) is 4.97. The molecule has 2 aromatic rings. The van der Waals surface area contributed by atoms with Gasteiger partial charge < -0.3 is 9.84 Å². The summed E-state index contributed by atoms with van der Waals surface area (Å²) in [6.45, 7) is 0. The fraction of sp³-hybridized carbons (Fsp3) is 0.214. The Labute approximate surface area is 99.6 Å². The Morgan fingerprint density at radius 3 is 2.65 bits per heavy atom. The SMILES string of the molecule is CO[C@@H](Cc1cccc2ccccc12)C(=O)O. The van der Waals surface area contributed by atoms with Crippen molar-refractivity contribution in [3.8, 4) is 0 Å². The van der Waals surface area contributed by atoms with Crippen LogP contribution in [0.4, 0.5) is 0 Å². The van der Waals surface area contributed by atoms with Gasteiger partial charge in [0.2, 0.25) is 0 Å². The van der Waals surface area contributed by atoms with Crippen LogP contribution in [0.15, 0.2) is 42.5 Å². The summed E-state index contributed by atoms with van der Waals surface area (Å²) >= 11 is 0. The van der Waals surface area contributed by atoms with E-state index >= 15 is 0 Å². The minimum absolute atomic E-state index is 0.382. The van der Waals surface area contributed by atoms with Gasteiger partial charge in [-0.15, -0.1) is 0 Å². The molecule has 3 nitrogen and oxygen atoms in total. The van der Waals surface area contributed by atoms with Crippen molar-refractivity contribution >= 4 is 16.7 Å². The van der Waals surface area contributed by atoms with Crippen LogP contribution >= 0.6 is 0 Å². The van der Waals surface area contributed by atoms with Gasteiger partial charge in [0.1, 0.15) is 0 Å². The fourth-order valence-corrected chi connectivity index (χ4v) is 1.94. The molecule has 0 bridgehead atoms. The van der Waals surface area contributed by atoms with Crippen molar-refractivity contribution in [2.75, 3.05) is 7.11 Å². The predicted molar refractivity (Wildman–Crippen MR) is 66.1 cm³/mol. The van der Waals surface area contributed by atoms with Crippen LogP contribution in [0.25, 0.3) is 10.8 Å². The molecule has 3 heteroatoms. The fourth-order valence-electron chi connectivity index (χ4n) is 1.94. The molecule has 1 N–H and O–H groups in total. The number of hydrogen-bond donors (Lipinski definition) is 1. The molecular formula is C14H14O3. The molecule has 0 fully saturated rings. The number of ether oxygens (including phenoxy) is 1. The number of hydrogen-bond acceptors (Lipinski definition) is 2. The zero-order valence-corrected chi connectivity index (χ0v) is 9.59. The maximum absolute atomic E-state index is 10.9. The van der Waals surface area contributed by atoms with Crippen molar-refractivity contribution in [3.05, 3.63) is 48.0 Å². The van der Waals surface area contributed by atoms with Crippen LogP contribution in [0.1, 0.15) is 5.56 Å². The lowest BCUT2D eigenvalue weighted by molar-refractivity contribution is -0.148. The molecule has 88 valence electrons. The van der Waals surface area contributed by atoms with Gasteiger partial charge in [0.15, 0.2) is 6.10 Å². The summed E-state index contributed by atoms with van der Waals surface area (Å²) in [7, 11) is 1.42. The molecule has 0 spiro atoms. The predicted octanol–water partition coefficient (Wildman–Crippen LogP) is 2.48. The average Bonchev–Trinajstić information content (AvgIpc) is 2.35. The molecule has 0 heterocycles. The van der Waals surface area contributed by atoms with Crippen LogP contribution in [0.3, 0.4) is 0 Å². The normalized spacial score (nSPS) is 12.5. The Balaban J connectivity index is 2.38. The summed E-state index contributed by atoms with van der Waals surface area (Å²) in [4.78, 5) is 10.9. The largest absolute Gasteiger partial charge is 0.479 e. The van der Waals surface area contributed by atoms with Gasteiger partial charge in [-0.05, 0) is 16.3 Å². The number of carboxylic acid groups (broad SMARTS) is 1. The van der Waals surface area contributed by atoms with Crippen molar-refractivity contribution in [1.82, 2.24) is 0 Å². The maximum atomic E-state index is 10.9. The molecule has 2 aromatic carbocycles. The highest BCUT2D eigenvalue weighted by atomic mass is 16.5. The third-order valence-electron chi connectivity index (χ3n) is 2.85. The Morgan fingerprint density at radius 2 is 1.94 bits per heavy atom. The van der Waals surface area contributed by atoms with Gasteiger partial charge in [0.05, 0.1) is 0 Å². The molecule has 0 unspecified atom stereocenters. The van der Waals surface area contributed by atoms with E-state index in [-0.39, 0.29) is 0 Å². The van der Waals surface area contributed by atoms with E-state index in [9.17, 15) is 4.79 Å². The van der Waals surface area contributed by atoms with E-state index in [0.717, 1.165) is 16.3 Å². The van der Waals surface area contributed by atoms with E-state index in [1.165, 1.54) is 7.11 Å². The van der Waals surface area contributed by atoms with Gasteiger partial charge in [-0.1, -0.05) is 42.5 Å². The first-order valence-corrected chi connectivity index (χ1v) is 5.44. The summed E-state index contributed by atoms with van der Waals surface area (Å²) in [6, 6.07) is 13.8. The molecule has 0 aliphatic rings. The second-order valence-electron chi connectivity index (χ2n) is 3.90. The summed E-state index contributed by atoms with van der Waals surface area (Å²) in [5.74, 6) is -0.930. The van der Waals surface area contributed by atoms with Crippen LogP contribution < -0.4 is 0 Å². The van der Waals surface area contributed by atoms with Crippen LogP contribution in [0.5, 0.6) is 0 Å². The first-order valence-electron chi connectivity index (χ1n) is 5.44. The quantitative estimate of drug-likeness (QED) is 0.877. The highest BCUT2D eigenvalue weighted by Crippen LogP contribution is 2.20. The molecule has 1 atom stereocenters. The Hall–Kier alpha value is -1.87. The van der Waals surface area contributed by atoms with Crippen LogP contribution in [0.2, 0.25) is 0 Å². The standard InChI is InChI=1S/C14H14O3/c1-17-13(14(15)16)9-11-7-4-6-10-5-2-3-8-12(10)11/h2-8,13H,9H2,1H3,(H,15,16)/t13-/m0/s1. The zero-order chi connectivity index (χ0) is 12.3. The minimum atomic E-state index is -0.930. The van der Waals surface area contributed by atoms with E-state index in [2.05, 4.69) is 0 Å². The third-order valence-corrected chi connectivity index (χ3v) is 2.85. The van der Waals surface area contributed by atoms with Crippen molar-refractivity contribution in [2.24, 2.45) is 0 Å². The Bertz CT molecular complexity index is 528. The first-order chi connectivity index (χ1) is 8.22. The van der Waals surface area contributed by atoms with E-state index in [1.807, 2.05) is 42.5 Å². The first kappa shape index (κ1) is 11.6. The second-order valence-corrected chi connectivity index (χ2v) is 3.90. The number of carbonyl (C=O) groups is 1. The minimum Gasteiger partial charge on any atom is -0.479 e. The molecule has 17 heavy (non-hydrogen) atoms.